The highest BCUT2D eigenvalue weighted by molar-refractivity contribution is 5.76. The second kappa shape index (κ2) is 6.25. The van der Waals surface area contributed by atoms with Crippen molar-refractivity contribution in [2.75, 3.05) is 0 Å². The fraction of sp³-hybridized carbons (Fsp3) is 0.667. The number of carbonyl (C=O) groups is 2. The minimum Gasteiger partial charge on any atom is -0.481 e. The number of rotatable bonds is 6. The molecular formula is C15H21F2N3O3. The fourth-order valence-electron chi connectivity index (χ4n) is 3.36. The Balaban J connectivity index is 1.89. The van der Waals surface area contributed by atoms with Gasteiger partial charge in [0.1, 0.15) is 12.2 Å². The minimum atomic E-state index is -2.66. The third kappa shape index (κ3) is 3.51. The van der Waals surface area contributed by atoms with Gasteiger partial charge in [-0.05, 0) is 30.7 Å². The lowest BCUT2D eigenvalue weighted by Crippen LogP contribution is -2.57. The molecule has 0 radical (unpaired) electrons. The Labute approximate surface area is 132 Å². The van der Waals surface area contributed by atoms with Gasteiger partial charge in [0, 0.05) is 12.2 Å². The van der Waals surface area contributed by atoms with E-state index in [4.69, 9.17) is 5.11 Å². The number of hydrogen-bond donors (Lipinski definition) is 2. The molecule has 3 atom stereocenters. The number of nitrogens with one attached hydrogen (secondary N) is 1. The van der Waals surface area contributed by atoms with Crippen LogP contribution in [0.15, 0.2) is 12.3 Å². The monoisotopic (exact) mass is 329 g/mol. The molecule has 1 heterocycles. The molecule has 2 rings (SSSR count). The highest BCUT2D eigenvalue weighted by atomic mass is 19.3. The molecule has 6 nitrogen and oxygen atoms in total. The summed E-state index contributed by atoms with van der Waals surface area (Å²) in [7, 11) is 0. The zero-order valence-corrected chi connectivity index (χ0v) is 13.3. The molecule has 0 spiro atoms. The van der Waals surface area contributed by atoms with Crippen LogP contribution in [0, 0.1) is 17.3 Å². The van der Waals surface area contributed by atoms with Gasteiger partial charge in [0.2, 0.25) is 5.91 Å². The minimum absolute atomic E-state index is 0.0572. The maximum Gasteiger partial charge on any atom is 0.307 e. The van der Waals surface area contributed by atoms with E-state index in [9.17, 15) is 18.4 Å². The van der Waals surface area contributed by atoms with Gasteiger partial charge >= 0.3 is 5.97 Å². The molecule has 1 aliphatic rings. The Morgan fingerprint density at radius 1 is 1.52 bits per heavy atom. The number of hydrogen-bond acceptors (Lipinski definition) is 3. The van der Waals surface area contributed by atoms with E-state index in [1.54, 1.807) is 0 Å². The molecule has 1 saturated carbocycles. The topological polar surface area (TPSA) is 84.2 Å². The maximum absolute atomic E-state index is 12.5. The van der Waals surface area contributed by atoms with Crippen LogP contribution in [0.2, 0.25) is 0 Å². The quantitative estimate of drug-likeness (QED) is 0.837. The predicted octanol–water partition coefficient (Wildman–Crippen LogP) is 2.07. The van der Waals surface area contributed by atoms with Crippen LogP contribution in [-0.4, -0.2) is 32.8 Å². The third-order valence-corrected chi connectivity index (χ3v) is 4.82. The Kier molecular flexibility index (Phi) is 4.72. The first kappa shape index (κ1) is 17.4. The van der Waals surface area contributed by atoms with Gasteiger partial charge in [-0.15, -0.1) is 0 Å². The van der Waals surface area contributed by atoms with Crippen LogP contribution in [0.1, 0.15) is 39.3 Å². The van der Waals surface area contributed by atoms with Crippen molar-refractivity contribution in [1.29, 1.82) is 0 Å². The van der Waals surface area contributed by atoms with Gasteiger partial charge in [-0.2, -0.15) is 5.10 Å². The summed E-state index contributed by atoms with van der Waals surface area (Å²) in [4.78, 5) is 23.1. The van der Waals surface area contributed by atoms with Gasteiger partial charge in [-0.3, -0.25) is 14.3 Å². The van der Waals surface area contributed by atoms with Crippen LogP contribution in [0.3, 0.4) is 0 Å². The van der Waals surface area contributed by atoms with Crippen LogP contribution in [-0.2, 0) is 16.1 Å². The molecule has 0 aromatic carbocycles. The number of aromatic nitrogens is 2. The average Bonchev–Trinajstić information content (AvgIpc) is 2.85. The van der Waals surface area contributed by atoms with Crippen molar-refractivity contribution in [2.45, 2.75) is 46.2 Å². The molecule has 128 valence electrons. The molecular weight excluding hydrogens is 308 g/mol. The summed E-state index contributed by atoms with van der Waals surface area (Å²) in [5.74, 6) is -1.51. The van der Waals surface area contributed by atoms with Crippen molar-refractivity contribution < 1.29 is 23.5 Å². The molecule has 0 bridgehead atoms. The number of halogens is 2. The molecule has 1 amide bonds. The summed E-state index contributed by atoms with van der Waals surface area (Å²) in [6.07, 6.45) is -0.817. The normalized spacial score (nSPS) is 24.1. The van der Waals surface area contributed by atoms with Gasteiger partial charge in [-0.1, -0.05) is 13.8 Å². The first-order chi connectivity index (χ1) is 10.6. The summed E-state index contributed by atoms with van der Waals surface area (Å²) in [5.41, 5.74) is -0.761. The number of aliphatic carboxylic acids is 1. The van der Waals surface area contributed by atoms with E-state index in [1.807, 2.05) is 20.8 Å². The molecule has 8 heteroatoms. The van der Waals surface area contributed by atoms with Crippen molar-refractivity contribution in [3.8, 4) is 0 Å². The summed E-state index contributed by atoms with van der Waals surface area (Å²) >= 11 is 0. The van der Waals surface area contributed by atoms with Crippen LogP contribution in [0.25, 0.3) is 0 Å². The number of carbonyl (C=O) groups excluding carboxylic acids is 1. The van der Waals surface area contributed by atoms with Gasteiger partial charge in [-0.25, -0.2) is 8.78 Å². The lowest BCUT2D eigenvalue weighted by Gasteiger charge is -2.52. The average molecular weight is 329 g/mol. The molecule has 1 aromatic heterocycles. The van der Waals surface area contributed by atoms with E-state index in [0.29, 0.717) is 6.42 Å². The van der Waals surface area contributed by atoms with Crippen LogP contribution in [0.4, 0.5) is 8.78 Å². The highest BCUT2D eigenvalue weighted by Gasteiger charge is 2.53. The van der Waals surface area contributed by atoms with Crippen molar-refractivity contribution in [1.82, 2.24) is 15.1 Å². The molecule has 23 heavy (non-hydrogen) atoms. The number of amides is 1. The van der Waals surface area contributed by atoms with Crippen LogP contribution in [0.5, 0.6) is 0 Å². The van der Waals surface area contributed by atoms with E-state index in [2.05, 4.69) is 10.4 Å². The first-order valence-corrected chi connectivity index (χ1v) is 7.46. The molecule has 1 aliphatic carbocycles. The fourth-order valence-corrected chi connectivity index (χ4v) is 3.36. The smallest absolute Gasteiger partial charge is 0.307 e. The second-order valence-electron chi connectivity index (χ2n) is 6.65. The molecule has 1 aromatic rings. The molecule has 0 saturated heterocycles. The zero-order valence-electron chi connectivity index (χ0n) is 13.3. The summed E-state index contributed by atoms with van der Waals surface area (Å²) in [6, 6.07) is 0.978. The van der Waals surface area contributed by atoms with Crippen molar-refractivity contribution in [2.24, 2.45) is 17.3 Å². The third-order valence-electron chi connectivity index (χ3n) is 4.82. The molecule has 1 unspecified atom stereocenters. The van der Waals surface area contributed by atoms with E-state index in [-0.39, 0.29) is 30.1 Å². The van der Waals surface area contributed by atoms with Crippen LogP contribution >= 0.6 is 0 Å². The maximum atomic E-state index is 12.5. The number of carboxylic acid groups (broad SMARTS) is 1. The number of carboxylic acids is 1. The van der Waals surface area contributed by atoms with Crippen molar-refractivity contribution in [3.63, 3.8) is 0 Å². The van der Waals surface area contributed by atoms with E-state index < -0.39 is 23.7 Å². The van der Waals surface area contributed by atoms with Gasteiger partial charge in [0.25, 0.3) is 6.43 Å². The molecule has 1 fully saturated rings. The van der Waals surface area contributed by atoms with Crippen molar-refractivity contribution >= 4 is 11.9 Å². The Hall–Kier alpha value is -1.99. The molecule has 2 N–H and O–H groups in total. The molecule has 0 aliphatic heterocycles. The number of alkyl halides is 2. The second-order valence-corrected chi connectivity index (χ2v) is 6.65. The lowest BCUT2D eigenvalue weighted by atomic mass is 9.52. The van der Waals surface area contributed by atoms with E-state index in [0.717, 1.165) is 4.68 Å². The Bertz CT molecular complexity index is 601. The SMILES string of the molecule is CC(NC(=O)Cn1ccc(C(F)F)n1)[C@@H]1C[C@H](C(=O)O)C1(C)C. The number of nitrogens with zero attached hydrogens (tertiary/aromatic N) is 2. The predicted molar refractivity (Wildman–Crippen MR) is 77.8 cm³/mol. The van der Waals surface area contributed by atoms with Crippen LogP contribution < -0.4 is 5.32 Å². The largest absolute Gasteiger partial charge is 0.481 e. The van der Waals surface area contributed by atoms with Crippen molar-refractivity contribution in [3.05, 3.63) is 18.0 Å². The summed E-state index contributed by atoms with van der Waals surface area (Å²) in [5, 5.41) is 15.6. The highest BCUT2D eigenvalue weighted by Crippen LogP contribution is 2.52. The summed E-state index contributed by atoms with van der Waals surface area (Å²) < 4.78 is 26.1. The van der Waals surface area contributed by atoms with Gasteiger partial charge < -0.3 is 10.4 Å². The van der Waals surface area contributed by atoms with E-state index in [1.165, 1.54) is 12.3 Å². The Morgan fingerprint density at radius 3 is 2.65 bits per heavy atom. The summed E-state index contributed by atoms with van der Waals surface area (Å²) in [6.45, 7) is 5.44. The van der Waals surface area contributed by atoms with E-state index >= 15 is 0 Å². The van der Waals surface area contributed by atoms with Gasteiger partial charge in [0.15, 0.2) is 0 Å². The zero-order chi connectivity index (χ0) is 17.4. The lowest BCUT2D eigenvalue weighted by molar-refractivity contribution is -0.160. The first-order valence-electron chi connectivity index (χ1n) is 7.46. The standard InChI is InChI=1S/C15H21F2N3O3/c1-8(9-6-10(14(22)23)15(9,2)3)18-12(21)7-20-5-4-11(19-20)13(16)17/h4-5,8-10,13H,6-7H2,1-3H3,(H,18,21)(H,22,23)/t8?,9-,10+/m0/s1. The Morgan fingerprint density at radius 2 is 2.17 bits per heavy atom. The van der Waals surface area contributed by atoms with Gasteiger partial charge in [0.05, 0.1) is 5.92 Å².